The number of phenolic OH excluding ortho intramolecular Hbond substituents is 1. The molecule has 0 aliphatic carbocycles. The zero-order valence-corrected chi connectivity index (χ0v) is 13.9. The molecule has 0 spiro atoms. The molecule has 3 aromatic rings. The highest BCUT2D eigenvalue weighted by Gasteiger charge is 2.31. The van der Waals surface area contributed by atoms with E-state index in [9.17, 15) is 5.11 Å². The summed E-state index contributed by atoms with van der Waals surface area (Å²) in [6.45, 7) is 2.07. The Balaban J connectivity index is 1.76. The number of phenols is 1. The molecule has 2 atom stereocenters. The third kappa shape index (κ3) is 2.61. The molecule has 24 heavy (non-hydrogen) atoms. The number of anilines is 1. The smallest absolute Gasteiger partial charge is 0.222 e. The van der Waals surface area contributed by atoms with Crippen molar-refractivity contribution in [2.75, 3.05) is 5.32 Å². The van der Waals surface area contributed by atoms with Crippen LogP contribution in [0.4, 0.5) is 5.95 Å². The van der Waals surface area contributed by atoms with Crippen LogP contribution in [0.25, 0.3) is 0 Å². The molecule has 5 nitrogen and oxygen atoms in total. The zero-order valence-electron chi connectivity index (χ0n) is 13.1. The second kappa shape index (κ2) is 5.83. The number of nitrogens with zero attached hydrogens (tertiary/aromatic N) is 3. The normalized spacial score (nSPS) is 19.6. The monoisotopic (exact) mass is 340 g/mol. The Labute approximate surface area is 144 Å². The van der Waals surface area contributed by atoms with E-state index in [4.69, 9.17) is 11.6 Å². The fraction of sp³-hybridized carbons (Fsp3) is 0.222. The maximum atomic E-state index is 10.2. The van der Waals surface area contributed by atoms with Crippen molar-refractivity contribution >= 4 is 17.5 Å². The number of rotatable bonds is 2. The van der Waals surface area contributed by atoms with Gasteiger partial charge in [0, 0.05) is 10.6 Å². The lowest BCUT2D eigenvalue weighted by molar-refractivity contribution is 0.414. The molecule has 2 N–H and O–H groups in total. The van der Waals surface area contributed by atoms with Crippen molar-refractivity contribution in [1.29, 1.82) is 0 Å². The summed E-state index contributed by atoms with van der Waals surface area (Å²) >= 11 is 6.11. The van der Waals surface area contributed by atoms with Crippen LogP contribution in [0.3, 0.4) is 0 Å². The molecule has 6 heteroatoms. The SMILES string of the molecule is Cc1ccc(C2CC(c3cc(Cl)ccc3O)Nc3ncnn32)cc1. The van der Waals surface area contributed by atoms with Gasteiger partial charge in [0.05, 0.1) is 12.1 Å². The first-order valence-corrected chi connectivity index (χ1v) is 8.20. The van der Waals surface area contributed by atoms with Crippen LogP contribution in [-0.4, -0.2) is 19.9 Å². The van der Waals surface area contributed by atoms with E-state index in [0.29, 0.717) is 11.0 Å². The largest absolute Gasteiger partial charge is 0.508 e. The van der Waals surface area contributed by atoms with Crippen molar-refractivity contribution in [2.45, 2.75) is 25.4 Å². The standard InChI is InChI=1S/C18H17ClN4O/c1-11-2-4-12(5-3-11)16-9-15(22-18-20-10-21-23(16)18)14-8-13(19)6-7-17(14)24/h2-8,10,15-16,24H,9H2,1H3,(H,20,21,22). The topological polar surface area (TPSA) is 63.0 Å². The summed E-state index contributed by atoms with van der Waals surface area (Å²) in [5, 5.41) is 18.5. The Morgan fingerprint density at radius 1 is 1.21 bits per heavy atom. The van der Waals surface area contributed by atoms with E-state index in [1.54, 1.807) is 24.5 Å². The summed E-state index contributed by atoms with van der Waals surface area (Å²) in [5.74, 6) is 0.920. The Bertz CT molecular complexity index is 875. The van der Waals surface area contributed by atoms with E-state index in [1.807, 2.05) is 4.68 Å². The van der Waals surface area contributed by atoms with Crippen molar-refractivity contribution in [1.82, 2.24) is 14.8 Å². The Morgan fingerprint density at radius 3 is 2.79 bits per heavy atom. The number of hydrogen-bond donors (Lipinski definition) is 2. The van der Waals surface area contributed by atoms with Gasteiger partial charge >= 0.3 is 0 Å². The van der Waals surface area contributed by atoms with Gasteiger partial charge in [-0.25, -0.2) is 4.68 Å². The lowest BCUT2D eigenvalue weighted by Crippen LogP contribution is -2.28. The van der Waals surface area contributed by atoms with Crippen molar-refractivity contribution in [2.24, 2.45) is 0 Å². The Hall–Kier alpha value is -2.53. The first-order chi connectivity index (χ1) is 11.6. The minimum atomic E-state index is -0.0910. The van der Waals surface area contributed by atoms with Crippen molar-refractivity contribution < 1.29 is 5.11 Å². The van der Waals surface area contributed by atoms with Crippen LogP contribution in [0.15, 0.2) is 48.8 Å². The van der Waals surface area contributed by atoms with Gasteiger partial charge in [0.15, 0.2) is 0 Å². The van der Waals surface area contributed by atoms with Crippen LogP contribution >= 0.6 is 11.6 Å². The lowest BCUT2D eigenvalue weighted by atomic mass is 9.92. The highest BCUT2D eigenvalue weighted by atomic mass is 35.5. The summed E-state index contributed by atoms with van der Waals surface area (Å²) in [6.07, 6.45) is 2.29. The number of hydrogen-bond acceptors (Lipinski definition) is 4. The summed E-state index contributed by atoms with van der Waals surface area (Å²) in [4.78, 5) is 4.30. The average Bonchev–Trinajstić information content (AvgIpc) is 3.05. The van der Waals surface area contributed by atoms with Crippen molar-refractivity contribution in [3.63, 3.8) is 0 Å². The van der Waals surface area contributed by atoms with E-state index in [-0.39, 0.29) is 17.8 Å². The van der Waals surface area contributed by atoms with E-state index in [1.165, 1.54) is 11.1 Å². The van der Waals surface area contributed by atoms with E-state index < -0.39 is 0 Å². The molecular weight excluding hydrogens is 324 g/mol. The molecule has 0 saturated carbocycles. The minimum absolute atomic E-state index is 0.0488. The van der Waals surface area contributed by atoms with E-state index in [0.717, 1.165) is 12.0 Å². The van der Waals surface area contributed by atoms with E-state index in [2.05, 4.69) is 46.6 Å². The van der Waals surface area contributed by atoms with Gasteiger partial charge in [-0.2, -0.15) is 10.1 Å². The fourth-order valence-corrected chi connectivity index (χ4v) is 3.37. The summed E-state index contributed by atoms with van der Waals surface area (Å²) in [7, 11) is 0. The summed E-state index contributed by atoms with van der Waals surface area (Å²) in [6, 6.07) is 13.5. The second-order valence-corrected chi connectivity index (χ2v) is 6.53. The van der Waals surface area contributed by atoms with Gasteiger partial charge in [-0.3, -0.25) is 0 Å². The zero-order chi connectivity index (χ0) is 16.7. The first-order valence-electron chi connectivity index (χ1n) is 7.83. The molecule has 0 bridgehead atoms. The second-order valence-electron chi connectivity index (χ2n) is 6.09. The average molecular weight is 341 g/mol. The molecular formula is C18H17ClN4O. The Kier molecular flexibility index (Phi) is 3.65. The highest BCUT2D eigenvalue weighted by molar-refractivity contribution is 6.30. The summed E-state index contributed by atoms with van der Waals surface area (Å²) < 4.78 is 1.89. The molecule has 4 rings (SSSR count). The van der Waals surface area contributed by atoms with Gasteiger partial charge in [-0.1, -0.05) is 41.4 Å². The van der Waals surface area contributed by atoms with Gasteiger partial charge in [0.1, 0.15) is 12.1 Å². The van der Waals surface area contributed by atoms with Gasteiger partial charge in [0.2, 0.25) is 5.95 Å². The van der Waals surface area contributed by atoms with Crippen LogP contribution in [-0.2, 0) is 0 Å². The lowest BCUT2D eigenvalue weighted by Gasteiger charge is -2.32. The van der Waals surface area contributed by atoms with E-state index >= 15 is 0 Å². The van der Waals surface area contributed by atoms with Crippen molar-refractivity contribution in [3.05, 3.63) is 70.5 Å². The highest BCUT2D eigenvalue weighted by Crippen LogP contribution is 2.40. The van der Waals surface area contributed by atoms with Gasteiger partial charge in [-0.15, -0.1) is 0 Å². The number of aromatic hydroxyl groups is 1. The van der Waals surface area contributed by atoms with Gasteiger partial charge < -0.3 is 10.4 Å². The molecule has 0 saturated heterocycles. The first kappa shape index (κ1) is 15.0. The number of aromatic nitrogens is 3. The number of fused-ring (bicyclic) bond motifs is 1. The van der Waals surface area contributed by atoms with Crippen LogP contribution in [0.2, 0.25) is 5.02 Å². The van der Waals surface area contributed by atoms with Gasteiger partial charge in [-0.05, 0) is 37.1 Å². The predicted octanol–water partition coefficient (Wildman–Crippen LogP) is 4.09. The van der Waals surface area contributed by atoms with Crippen LogP contribution in [0.1, 0.15) is 35.2 Å². The molecule has 1 aliphatic rings. The quantitative estimate of drug-likeness (QED) is 0.737. The molecule has 0 radical (unpaired) electrons. The molecule has 2 unspecified atom stereocenters. The minimum Gasteiger partial charge on any atom is -0.508 e. The third-order valence-corrected chi connectivity index (χ3v) is 4.69. The molecule has 0 amide bonds. The summed E-state index contributed by atoms with van der Waals surface area (Å²) in [5.41, 5.74) is 3.16. The number of aryl methyl sites for hydroxylation is 1. The van der Waals surface area contributed by atoms with Gasteiger partial charge in [0.25, 0.3) is 0 Å². The van der Waals surface area contributed by atoms with Crippen LogP contribution < -0.4 is 5.32 Å². The Morgan fingerprint density at radius 2 is 2.00 bits per heavy atom. The van der Waals surface area contributed by atoms with Crippen LogP contribution in [0.5, 0.6) is 5.75 Å². The van der Waals surface area contributed by atoms with Crippen LogP contribution in [0, 0.1) is 6.92 Å². The molecule has 2 aromatic carbocycles. The van der Waals surface area contributed by atoms with Crippen molar-refractivity contribution in [3.8, 4) is 5.75 Å². The fourth-order valence-electron chi connectivity index (χ4n) is 3.19. The predicted molar refractivity (Wildman–Crippen MR) is 93.4 cm³/mol. The molecule has 122 valence electrons. The number of nitrogens with one attached hydrogen (secondary N) is 1. The number of halogens is 1. The maximum Gasteiger partial charge on any atom is 0.222 e. The molecule has 1 aliphatic heterocycles. The molecule has 0 fully saturated rings. The molecule has 2 heterocycles. The molecule has 1 aromatic heterocycles. The maximum absolute atomic E-state index is 10.2. The third-order valence-electron chi connectivity index (χ3n) is 4.46. The number of benzene rings is 2.